The maximum Gasteiger partial charge on any atom is 0.243 e. The van der Waals surface area contributed by atoms with Gasteiger partial charge in [0.2, 0.25) is 10.0 Å². The molecule has 1 heterocycles. The second kappa shape index (κ2) is 6.16. The summed E-state index contributed by atoms with van der Waals surface area (Å²) in [5.74, 6) is 5.19. The second-order valence-corrected chi connectivity index (χ2v) is 7.36. The number of hydrogen-bond acceptors (Lipinski definition) is 4. The zero-order valence-electron chi connectivity index (χ0n) is 11.9. The summed E-state index contributed by atoms with van der Waals surface area (Å²) in [6.07, 6.45) is 1.23. The number of sulfonamides is 1. The van der Waals surface area contributed by atoms with Crippen LogP contribution in [0.2, 0.25) is 0 Å². The Labute approximate surface area is 125 Å². The highest BCUT2D eigenvalue weighted by Gasteiger charge is 2.35. The minimum absolute atomic E-state index is 0.0991. The largest absolute Gasteiger partial charge is 0.389 e. The first-order valence-corrected chi connectivity index (χ1v) is 8.21. The Kier molecular flexibility index (Phi) is 4.69. The smallest absolute Gasteiger partial charge is 0.243 e. The highest BCUT2D eigenvalue weighted by Crippen LogP contribution is 2.26. The van der Waals surface area contributed by atoms with E-state index in [9.17, 15) is 13.5 Å². The third-order valence-electron chi connectivity index (χ3n) is 3.42. The average molecular weight is 309 g/mol. The van der Waals surface area contributed by atoms with Gasteiger partial charge in [-0.15, -0.1) is 0 Å². The molecule has 1 saturated heterocycles. The van der Waals surface area contributed by atoms with Crippen molar-refractivity contribution in [3.8, 4) is 11.8 Å². The lowest BCUT2D eigenvalue weighted by atomic mass is 9.97. The Morgan fingerprint density at radius 3 is 2.86 bits per heavy atom. The fourth-order valence-electron chi connectivity index (χ4n) is 2.40. The number of aliphatic hydroxyl groups is 2. The van der Waals surface area contributed by atoms with Crippen molar-refractivity contribution in [2.75, 3.05) is 19.7 Å². The number of benzene rings is 1. The van der Waals surface area contributed by atoms with E-state index in [1.165, 1.54) is 16.4 Å². The fraction of sp³-hybridized carbons (Fsp3) is 0.467. The van der Waals surface area contributed by atoms with E-state index in [-0.39, 0.29) is 18.0 Å². The highest BCUT2D eigenvalue weighted by atomic mass is 32.2. The predicted octanol–water partition coefficient (Wildman–Crippen LogP) is 0.566. The molecule has 6 heteroatoms. The summed E-state index contributed by atoms with van der Waals surface area (Å²) < 4.78 is 26.6. The Hall–Kier alpha value is -1.39. The van der Waals surface area contributed by atoms with E-state index < -0.39 is 15.6 Å². The summed E-state index contributed by atoms with van der Waals surface area (Å²) in [6.45, 7) is 1.89. The van der Waals surface area contributed by atoms with E-state index in [0.29, 0.717) is 24.9 Å². The molecule has 0 aromatic heterocycles. The molecular weight excluding hydrogens is 290 g/mol. The van der Waals surface area contributed by atoms with Gasteiger partial charge >= 0.3 is 0 Å². The zero-order chi connectivity index (χ0) is 15.5. The molecule has 21 heavy (non-hydrogen) atoms. The Morgan fingerprint density at radius 2 is 2.19 bits per heavy atom. The topological polar surface area (TPSA) is 77.8 Å². The molecule has 1 aliphatic heterocycles. The van der Waals surface area contributed by atoms with Crippen LogP contribution in [0.15, 0.2) is 29.2 Å². The summed E-state index contributed by atoms with van der Waals surface area (Å²) in [6, 6.07) is 6.31. The van der Waals surface area contributed by atoms with E-state index in [0.717, 1.165) is 0 Å². The van der Waals surface area contributed by atoms with Gasteiger partial charge < -0.3 is 10.2 Å². The standard InChI is InChI=1S/C15H19NO4S/c1-15(18)8-4-9-16(12-15)21(19,20)14-7-2-5-13(11-14)6-3-10-17/h2,5,7,11,17-18H,4,8-10,12H2,1H3. The van der Waals surface area contributed by atoms with Crippen LogP contribution in [0, 0.1) is 11.8 Å². The molecular formula is C15H19NO4S. The minimum Gasteiger partial charge on any atom is -0.389 e. The van der Waals surface area contributed by atoms with E-state index in [2.05, 4.69) is 11.8 Å². The lowest BCUT2D eigenvalue weighted by Crippen LogP contribution is -2.48. The van der Waals surface area contributed by atoms with Gasteiger partial charge in [-0.2, -0.15) is 4.31 Å². The van der Waals surface area contributed by atoms with Gasteiger partial charge in [0.05, 0.1) is 10.5 Å². The first-order valence-electron chi connectivity index (χ1n) is 6.77. The molecule has 0 amide bonds. The van der Waals surface area contributed by atoms with Gasteiger partial charge in [-0.05, 0) is 38.0 Å². The van der Waals surface area contributed by atoms with Crippen molar-refractivity contribution in [2.45, 2.75) is 30.3 Å². The molecule has 0 bridgehead atoms. The SMILES string of the molecule is CC1(O)CCCN(S(=O)(=O)c2cccc(C#CCO)c2)C1. The first-order chi connectivity index (χ1) is 9.85. The van der Waals surface area contributed by atoms with Crippen LogP contribution >= 0.6 is 0 Å². The molecule has 1 aromatic carbocycles. The molecule has 0 saturated carbocycles. The monoisotopic (exact) mass is 309 g/mol. The quantitative estimate of drug-likeness (QED) is 0.783. The Morgan fingerprint density at radius 1 is 1.43 bits per heavy atom. The molecule has 2 rings (SSSR count). The Balaban J connectivity index is 2.31. The molecule has 0 radical (unpaired) electrons. The lowest BCUT2D eigenvalue weighted by molar-refractivity contribution is 0.00940. The predicted molar refractivity (Wildman–Crippen MR) is 79.0 cm³/mol. The van der Waals surface area contributed by atoms with Crippen molar-refractivity contribution < 1.29 is 18.6 Å². The van der Waals surface area contributed by atoms with Gasteiger partial charge in [0, 0.05) is 18.7 Å². The molecule has 1 fully saturated rings. The molecule has 0 aliphatic carbocycles. The number of β-amino-alcohol motifs (C(OH)–C–C–N with tert-alkyl or cyclic N) is 1. The van der Waals surface area contributed by atoms with Gasteiger partial charge in [0.15, 0.2) is 0 Å². The second-order valence-electron chi connectivity index (χ2n) is 5.43. The summed E-state index contributed by atoms with van der Waals surface area (Å²) in [4.78, 5) is 0.157. The van der Waals surface area contributed by atoms with Crippen LogP contribution in [-0.4, -0.2) is 48.2 Å². The number of rotatable bonds is 2. The van der Waals surface area contributed by atoms with Crippen molar-refractivity contribution in [1.82, 2.24) is 4.31 Å². The first kappa shape index (κ1) is 16.0. The average Bonchev–Trinajstić information content (AvgIpc) is 2.44. The summed E-state index contributed by atoms with van der Waals surface area (Å²) in [5.41, 5.74) is -0.450. The third kappa shape index (κ3) is 3.83. The van der Waals surface area contributed by atoms with Crippen LogP contribution in [0.25, 0.3) is 0 Å². The summed E-state index contributed by atoms with van der Waals surface area (Å²) in [7, 11) is -3.64. The lowest BCUT2D eigenvalue weighted by Gasteiger charge is -2.35. The molecule has 5 nitrogen and oxygen atoms in total. The molecule has 1 atom stereocenters. The minimum atomic E-state index is -3.64. The highest BCUT2D eigenvalue weighted by molar-refractivity contribution is 7.89. The van der Waals surface area contributed by atoms with Crippen LogP contribution in [0.1, 0.15) is 25.3 Å². The van der Waals surface area contributed by atoms with Crippen LogP contribution in [0.5, 0.6) is 0 Å². The van der Waals surface area contributed by atoms with Gasteiger partial charge in [-0.25, -0.2) is 8.42 Å². The third-order valence-corrected chi connectivity index (χ3v) is 5.26. The zero-order valence-corrected chi connectivity index (χ0v) is 12.7. The molecule has 1 aromatic rings. The number of aliphatic hydroxyl groups excluding tert-OH is 1. The molecule has 0 spiro atoms. The van der Waals surface area contributed by atoms with Gasteiger partial charge in [0.25, 0.3) is 0 Å². The van der Waals surface area contributed by atoms with E-state index in [4.69, 9.17) is 5.11 Å². The van der Waals surface area contributed by atoms with E-state index in [1.807, 2.05) is 0 Å². The van der Waals surface area contributed by atoms with Gasteiger partial charge in [-0.1, -0.05) is 17.9 Å². The Bertz CT molecular complexity index is 670. The fourth-order valence-corrected chi connectivity index (χ4v) is 4.05. The van der Waals surface area contributed by atoms with Crippen molar-refractivity contribution in [1.29, 1.82) is 0 Å². The maximum atomic E-state index is 12.6. The van der Waals surface area contributed by atoms with Crippen LogP contribution < -0.4 is 0 Å². The molecule has 1 aliphatic rings. The van der Waals surface area contributed by atoms with Crippen molar-refractivity contribution in [2.24, 2.45) is 0 Å². The van der Waals surface area contributed by atoms with E-state index >= 15 is 0 Å². The van der Waals surface area contributed by atoms with Crippen molar-refractivity contribution in [3.63, 3.8) is 0 Å². The maximum absolute atomic E-state index is 12.6. The number of piperidine rings is 1. The normalized spacial score (nSPS) is 23.4. The number of nitrogens with zero attached hydrogens (tertiary/aromatic N) is 1. The molecule has 2 N–H and O–H groups in total. The van der Waals surface area contributed by atoms with Crippen molar-refractivity contribution >= 4 is 10.0 Å². The van der Waals surface area contributed by atoms with Crippen LogP contribution in [0.3, 0.4) is 0 Å². The molecule has 114 valence electrons. The molecule has 1 unspecified atom stereocenters. The van der Waals surface area contributed by atoms with Crippen LogP contribution in [-0.2, 0) is 10.0 Å². The summed E-state index contributed by atoms with van der Waals surface area (Å²) >= 11 is 0. The van der Waals surface area contributed by atoms with Gasteiger partial charge in [0.1, 0.15) is 6.61 Å². The van der Waals surface area contributed by atoms with Gasteiger partial charge in [-0.3, -0.25) is 0 Å². The van der Waals surface area contributed by atoms with Crippen LogP contribution in [0.4, 0.5) is 0 Å². The van der Waals surface area contributed by atoms with Crippen molar-refractivity contribution in [3.05, 3.63) is 29.8 Å². The van der Waals surface area contributed by atoms with E-state index in [1.54, 1.807) is 19.1 Å². The summed E-state index contributed by atoms with van der Waals surface area (Å²) in [5, 5.41) is 18.8. The number of hydrogen-bond donors (Lipinski definition) is 2.